The first-order chi connectivity index (χ1) is 8.59. The van der Waals surface area contributed by atoms with Gasteiger partial charge in [-0.05, 0) is 18.9 Å². The topological polar surface area (TPSA) is 77.8 Å². The molecule has 5 nitrogen and oxygen atoms in total. The number of phenolic OH excluding ortho intramolecular Hbond substituents is 1. The van der Waals surface area contributed by atoms with Crippen molar-refractivity contribution in [3.63, 3.8) is 0 Å². The van der Waals surface area contributed by atoms with Gasteiger partial charge in [-0.3, -0.25) is 4.79 Å². The van der Waals surface area contributed by atoms with Gasteiger partial charge in [0.2, 0.25) is 5.91 Å². The zero-order valence-corrected chi connectivity index (χ0v) is 9.87. The number of nitrogens with zero attached hydrogens (tertiary/aromatic N) is 1. The highest BCUT2D eigenvalue weighted by atomic mass is 16.4. The number of carboxylic acids is 1. The second-order valence-electron chi connectivity index (χ2n) is 4.39. The van der Waals surface area contributed by atoms with E-state index in [2.05, 4.69) is 0 Å². The van der Waals surface area contributed by atoms with E-state index in [0.717, 1.165) is 0 Å². The zero-order chi connectivity index (χ0) is 13.1. The molecule has 2 rings (SSSR count). The van der Waals surface area contributed by atoms with Crippen LogP contribution in [0.15, 0.2) is 24.3 Å². The van der Waals surface area contributed by atoms with Crippen molar-refractivity contribution in [3.05, 3.63) is 29.8 Å². The third-order valence-corrected chi connectivity index (χ3v) is 3.19. The summed E-state index contributed by atoms with van der Waals surface area (Å²) >= 11 is 0. The predicted octanol–water partition coefficient (Wildman–Crippen LogP) is 1.01. The monoisotopic (exact) mass is 249 g/mol. The minimum atomic E-state index is -0.960. The van der Waals surface area contributed by atoms with Crippen LogP contribution in [0.4, 0.5) is 0 Å². The van der Waals surface area contributed by atoms with E-state index in [1.54, 1.807) is 18.2 Å². The predicted molar refractivity (Wildman–Crippen MR) is 64.2 cm³/mol. The number of benzene rings is 1. The second-order valence-corrected chi connectivity index (χ2v) is 4.39. The maximum absolute atomic E-state index is 12.0. The Morgan fingerprint density at radius 3 is 2.72 bits per heavy atom. The van der Waals surface area contributed by atoms with Crippen molar-refractivity contribution < 1.29 is 19.8 Å². The smallest absolute Gasteiger partial charge is 0.326 e. The molecule has 0 bridgehead atoms. The lowest BCUT2D eigenvalue weighted by molar-refractivity contribution is -0.148. The van der Waals surface area contributed by atoms with Crippen molar-refractivity contribution in [1.82, 2.24) is 4.90 Å². The SMILES string of the molecule is O=C(O)C1CCCN1C(=O)Cc1ccccc1O. The third-order valence-electron chi connectivity index (χ3n) is 3.19. The molecule has 1 fully saturated rings. The van der Waals surface area contributed by atoms with E-state index in [-0.39, 0.29) is 18.1 Å². The van der Waals surface area contributed by atoms with E-state index >= 15 is 0 Å². The molecule has 1 aliphatic rings. The van der Waals surface area contributed by atoms with E-state index in [4.69, 9.17) is 5.11 Å². The van der Waals surface area contributed by atoms with Crippen LogP contribution in [0, 0.1) is 0 Å². The highest BCUT2D eigenvalue weighted by molar-refractivity contribution is 5.85. The number of phenols is 1. The first-order valence-corrected chi connectivity index (χ1v) is 5.88. The Labute approximate surface area is 105 Å². The first kappa shape index (κ1) is 12.4. The number of aliphatic carboxylic acids is 1. The summed E-state index contributed by atoms with van der Waals surface area (Å²) in [6.07, 6.45) is 1.25. The average Bonchev–Trinajstić information content (AvgIpc) is 2.81. The molecule has 0 spiro atoms. The molecular weight excluding hydrogens is 234 g/mol. The lowest BCUT2D eigenvalue weighted by atomic mass is 10.1. The quantitative estimate of drug-likeness (QED) is 0.838. The summed E-state index contributed by atoms with van der Waals surface area (Å²) < 4.78 is 0. The van der Waals surface area contributed by atoms with E-state index in [9.17, 15) is 14.7 Å². The van der Waals surface area contributed by atoms with Gasteiger partial charge in [0.05, 0.1) is 6.42 Å². The summed E-state index contributed by atoms with van der Waals surface area (Å²) in [6.45, 7) is 0.476. The van der Waals surface area contributed by atoms with E-state index < -0.39 is 12.0 Å². The van der Waals surface area contributed by atoms with Gasteiger partial charge in [0, 0.05) is 12.1 Å². The molecule has 0 aliphatic carbocycles. The standard InChI is InChI=1S/C13H15NO4/c15-11-6-2-1-4-9(11)8-12(16)14-7-3-5-10(14)13(17)18/h1-2,4,6,10,15H,3,5,7-8H2,(H,17,18). The molecule has 2 N–H and O–H groups in total. The minimum Gasteiger partial charge on any atom is -0.508 e. The summed E-state index contributed by atoms with van der Waals surface area (Å²) in [5, 5.41) is 18.6. The molecule has 96 valence electrons. The molecule has 5 heteroatoms. The summed E-state index contributed by atoms with van der Waals surface area (Å²) in [4.78, 5) is 24.4. The Morgan fingerprint density at radius 2 is 2.06 bits per heavy atom. The van der Waals surface area contributed by atoms with Crippen molar-refractivity contribution >= 4 is 11.9 Å². The van der Waals surface area contributed by atoms with E-state index in [0.29, 0.717) is 24.9 Å². The molecule has 1 amide bonds. The van der Waals surface area contributed by atoms with Crippen molar-refractivity contribution in [3.8, 4) is 5.75 Å². The van der Waals surface area contributed by atoms with Crippen LogP contribution in [-0.4, -0.2) is 39.6 Å². The van der Waals surface area contributed by atoms with Crippen molar-refractivity contribution in [1.29, 1.82) is 0 Å². The number of amides is 1. The maximum Gasteiger partial charge on any atom is 0.326 e. The van der Waals surface area contributed by atoms with Crippen molar-refractivity contribution in [2.45, 2.75) is 25.3 Å². The van der Waals surface area contributed by atoms with E-state index in [1.165, 1.54) is 11.0 Å². The van der Waals surface area contributed by atoms with Gasteiger partial charge in [-0.2, -0.15) is 0 Å². The Morgan fingerprint density at radius 1 is 1.33 bits per heavy atom. The second kappa shape index (κ2) is 5.08. The summed E-state index contributed by atoms with van der Waals surface area (Å²) in [6, 6.07) is 5.88. The van der Waals surface area contributed by atoms with Crippen LogP contribution in [0.3, 0.4) is 0 Å². The molecule has 1 aliphatic heterocycles. The number of para-hydroxylation sites is 1. The first-order valence-electron chi connectivity index (χ1n) is 5.88. The number of carboxylic acid groups (broad SMARTS) is 1. The average molecular weight is 249 g/mol. The summed E-state index contributed by atoms with van der Waals surface area (Å²) in [5.74, 6) is -1.14. The van der Waals surface area contributed by atoms with Crippen LogP contribution in [0.2, 0.25) is 0 Å². The molecule has 1 unspecified atom stereocenters. The molecule has 0 saturated carbocycles. The van der Waals surface area contributed by atoms with Crippen LogP contribution in [0.1, 0.15) is 18.4 Å². The minimum absolute atomic E-state index is 0.0381. The fourth-order valence-corrected chi connectivity index (χ4v) is 2.25. The van der Waals surface area contributed by atoms with Gasteiger partial charge in [-0.15, -0.1) is 0 Å². The Balaban J connectivity index is 2.08. The zero-order valence-electron chi connectivity index (χ0n) is 9.87. The summed E-state index contributed by atoms with van der Waals surface area (Å²) in [5.41, 5.74) is 0.526. The van der Waals surface area contributed by atoms with Crippen LogP contribution in [0.5, 0.6) is 5.75 Å². The Kier molecular flexibility index (Phi) is 3.50. The number of hydrogen-bond acceptors (Lipinski definition) is 3. The highest BCUT2D eigenvalue weighted by Gasteiger charge is 2.33. The number of rotatable bonds is 3. The molecule has 1 saturated heterocycles. The number of carbonyl (C=O) groups excluding carboxylic acids is 1. The molecule has 1 aromatic carbocycles. The lowest BCUT2D eigenvalue weighted by Crippen LogP contribution is -2.41. The van der Waals surface area contributed by atoms with Gasteiger partial charge in [0.1, 0.15) is 11.8 Å². The molecule has 1 heterocycles. The van der Waals surface area contributed by atoms with E-state index in [1.807, 2.05) is 0 Å². The van der Waals surface area contributed by atoms with Crippen LogP contribution in [0.25, 0.3) is 0 Å². The number of hydrogen-bond donors (Lipinski definition) is 2. The van der Waals surface area contributed by atoms with Crippen LogP contribution in [-0.2, 0) is 16.0 Å². The lowest BCUT2D eigenvalue weighted by Gasteiger charge is -2.21. The fraction of sp³-hybridized carbons (Fsp3) is 0.385. The number of carbonyl (C=O) groups is 2. The van der Waals surface area contributed by atoms with Gasteiger partial charge < -0.3 is 15.1 Å². The van der Waals surface area contributed by atoms with Crippen LogP contribution < -0.4 is 0 Å². The molecular formula is C13H15NO4. The molecule has 18 heavy (non-hydrogen) atoms. The van der Waals surface area contributed by atoms with Gasteiger partial charge >= 0.3 is 5.97 Å². The maximum atomic E-state index is 12.0. The largest absolute Gasteiger partial charge is 0.508 e. The molecule has 1 aromatic rings. The van der Waals surface area contributed by atoms with Crippen molar-refractivity contribution in [2.75, 3.05) is 6.54 Å². The molecule has 0 radical (unpaired) electrons. The fourth-order valence-electron chi connectivity index (χ4n) is 2.25. The van der Waals surface area contributed by atoms with Crippen LogP contribution >= 0.6 is 0 Å². The van der Waals surface area contributed by atoms with Gasteiger partial charge in [-0.25, -0.2) is 4.79 Å². The number of aromatic hydroxyl groups is 1. The molecule has 0 aromatic heterocycles. The van der Waals surface area contributed by atoms with Gasteiger partial charge in [0.25, 0.3) is 0 Å². The highest BCUT2D eigenvalue weighted by Crippen LogP contribution is 2.21. The normalized spacial score (nSPS) is 18.9. The molecule has 1 atom stereocenters. The Hall–Kier alpha value is -2.04. The Bertz CT molecular complexity index is 472. The third kappa shape index (κ3) is 2.45. The summed E-state index contributed by atoms with van der Waals surface area (Å²) in [7, 11) is 0. The van der Waals surface area contributed by atoms with Gasteiger partial charge in [-0.1, -0.05) is 18.2 Å². The van der Waals surface area contributed by atoms with Crippen molar-refractivity contribution in [2.24, 2.45) is 0 Å². The van der Waals surface area contributed by atoms with Gasteiger partial charge in [0.15, 0.2) is 0 Å². The number of likely N-dealkylation sites (tertiary alicyclic amines) is 1.